The van der Waals surface area contributed by atoms with Crippen molar-refractivity contribution in [1.29, 1.82) is 0 Å². The third-order valence-electron chi connectivity index (χ3n) is 3.36. The van der Waals surface area contributed by atoms with Gasteiger partial charge in [0.2, 0.25) is 0 Å². The summed E-state index contributed by atoms with van der Waals surface area (Å²) >= 11 is 0. The molecular formula is C15H11F3O2. The first-order valence-electron chi connectivity index (χ1n) is 6.15. The van der Waals surface area contributed by atoms with Crippen molar-refractivity contribution in [3.05, 3.63) is 64.5 Å². The minimum Gasteiger partial charge on any atom is -0.493 e. The van der Waals surface area contributed by atoms with Crippen molar-refractivity contribution in [2.45, 2.75) is 12.5 Å². The van der Waals surface area contributed by atoms with Crippen molar-refractivity contribution in [3.63, 3.8) is 0 Å². The lowest BCUT2D eigenvalue weighted by Crippen LogP contribution is -2.05. The topological polar surface area (TPSA) is 29.5 Å². The molecule has 0 amide bonds. The highest BCUT2D eigenvalue weighted by molar-refractivity contribution is 5.47. The van der Waals surface area contributed by atoms with Gasteiger partial charge in [-0.2, -0.15) is 0 Å². The Morgan fingerprint density at radius 1 is 1.10 bits per heavy atom. The summed E-state index contributed by atoms with van der Waals surface area (Å²) in [7, 11) is 0. The Morgan fingerprint density at radius 2 is 1.80 bits per heavy atom. The number of para-hydroxylation sites is 1. The predicted molar refractivity (Wildman–Crippen MR) is 66.0 cm³/mol. The van der Waals surface area contributed by atoms with E-state index in [1.807, 2.05) is 6.07 Å². The predicted octanol–water partition coefficient (Wildman–Crippen LogP) is 3.12. The van der Waals surface area contributed by atoms with Gasteiger partial charge in [0.1, 0.15) is 11.9 Å². The van der Waals surface area contributed by atoms with E-state index in [-0.39, 0.29) is 5.56 Å². The van der Waals surface area contributed by atoms with Crippen LogP contribution in [0.15, 0.2) is 30.3 Å². The van der Waals surface area contributed by atoms with Crippen LogP contribution in [-0.4, -0.2) is 11.7 Å². The van der Waals surface area contributed by atoms with Crippen LogP contribution in [0.3, 0.4) is 0 Å². The zero-order chi connectivity index (χ0) is 14.3. The third-order valence-corrected chi connectivity index (χ3v) is 3.36. The number of halogens is 3. The molecule has 0 saturated heterocycles. The fourth-order valence-electron chi connectivity index (χ4n) is 2.37. The molecule has 2 aromatic carbocycles. The van der Waals surface area contributed by atoms with Crippen molar-refractivity contribution < 1.29 is 23.0 Å². The highest BCUT2D eigenvalue weighted by Gasteiger charge is 2.23. The number of rotatable bonds is 2. The Kier molecular flexibility index (Phi) is 3.14. The van der Waals surface area contributed by atoms with Crippen molar-refractivity contribution in [2.75, 3.05) is 6.61 Å². The van der Waals surface area contributed by atoms with E-state index in [1.54, 1.807) is 12.1 Å². The molecule has 0 fully saturated rings. The molecule has 104 valence electrons. The lowest BCUT2D eigenvalue weighted by atomic mass is 9.98. The summed E-state index contributed by atoms with van der Waals surface area (Å²) in [5.41, 5.74) is 1.31. The van der Waals surface area contributed by atoms with Gasteiger partial charge >= 0.3 is 0 Å². The summed E-state index contributed by atoms with van der Waals surface area (Å²) in [6.45, 7) is 0.505. The first kappa shape index (κ1) is 13.0. The Labute approximate surface area is 113 Å². The van der Waals surface area contributed by atoms with Gasteiger partial charge in [0, 0.05) is 12.0 Å². The molecule has 1 N–H and O–H groups in total. The van der Waals surface area contributed by atoms with Gasteiger partial charge in [0.05, 0.1) is 6.61 Å². The molecule has 2 aromatic rings. The molecule has 1 atom stereocenters. The largest absolute Gasteiger partial charge is 0.493 e. The van der Waals surface area contributed by atoms with Crippen LogP contribution in [-0.2, 0) is 6.42 Å². The first-order chi connectivity index (χ1) is 9.58. The van der Waals surface area contributed by atoms with Gasteiger partial charge in [-0.3, -0.25) is 0 Å². The van der Waals surface area contributed by atoms with Crippen LogP contribution in [0, 0.1) is 17.5 Å². The molecule has 1 unspecified atom stereocenters. The number of hydrogen-bond acceptors (Lipinski definition) is 2. The average molecular weight is 280 g/mol. The molecular weight excluding hydrogens is 269 g/mol. The van der Waals surface area contributed by atoms with E-state index in [0.29, 0.717) is 17.9 Å². The molecule has 2 nitrogen and oxygen atoms in total. The first-order valence-corrected chi connectivity index (χ1v) is 6.15. The maximum absolute atomic E-state index is 13.2. The number of benzene rings is 2. The Morgan fingerprint density at radius 3 is 2.50 bits per heavy atom. The maximum atomic E-state index is 13.2. The summed E-state index contributed by atoms with van der Waals surface area (Å²) in [5.74, 6) is -3.67. The fourth-order valence-corrected chi connectivity index (χ4v) is 2.37. The number of aliphatic hydroxyl groups excluding tert-OH is 1. The zero-order valence-electron chi connectivity index (χ0n) is 10.4. The molecule has 0 aliphatic carbocycles. The van der Waals surface area contributed by atoms with Gasteiger partial charge in [0.15, 0.2) is 17.5 Å². The second kappa shape index (κ2) is 4.83. The van der Waals surface area contributed by atoms with Crippen molar-refractivity contribution in [2.24, 2.45) is 0 Å². The van der Waals surface area contributed by atoms with Crippen LogP contribution in [0.4, 0.5) is 13.2 Å². The summed E-state index contributed by atoms with van der Waals surface area (Å²) in [6.07, 6.45) is -0.546. The summed E-state index contributed by atoms with van der Waals surface area (Å²) < 4.78 is 44.8. The maximum Gasteiger partial charge on any atom is 0.194 e. The molecule has 0 saturated carbocycles. The monoisotopic (exact) mass is 280 g/mol. The highest BCUT2D eigenvalue weighted by atomic mass is 19.2. The SMILES string of the molecule is OC(c1cc(F)c(F)c(F)c1)c1cccc2c1OCC2. The molecule has 1 aliphatic rings. The minimum atomic E-state index is -1.55. The van der Waals surface area contributed by atoms with Crippen LogP contribution in [0.2, 0.25) is 0 Å². The van der Waals surface area contributed by atoms with E-state index >= 15 is 0 Å². The minimum absolute atomic E-state index is 0.0506. The van der Waals surface area contributed by atoms with E-state index in [1.165, 1.54) is 0 Å². The number of hydrogen-bond donors (Lipinski definition) is 1. The van der Waals surface area contributed by atoms with E-state index in [0.717, 1.165) is 24.1 Å². The Hall–Kier alpha value is -2.01. The second-order valence-electron chi connectivity index (χ2n) is 4.64. The number of ether oxygens (including phenoxy) is 1. The van der Waals surface area contributed by atoms with E-state index < -0.39 is 23.6 Å². The lowest BCUT2D eigenvalue weighted by Gasteiger charge is -2.15. The van der Waals surface area contributed by atoms with Crippen LogP contribution in [0.25, 0.3) is 0 Å². The molecule has 0 radical (unpaired) electrons. The summed E-state index contributed by atoms with van der Waals surface area (Å²) in [6, 6.07) is 6.80. The standard InChI is InChI=1S/C15H11F3O2/c16-11-6-9(7-12(17)13(11)18)14(19)10-3-1-2-8-4-5-20-15(8)10/h1-3,6-7,14,19H,4-5H2. The van der Waals surface area contributed by atoms with Gasteiger partial charge in [-0.1, -0.05) is 18.2 Å². The lowest BCUT2D eigenvalue weighted by molar-refractivity contribution is 0.212. The van der Waals surface area contributed by atoms with E-state index in [2.05, 4.69) is 0 Å². The summed E-state index contributed by atoms with van der Waals surface area (Å²) in [5, 5.41) is 10.3. The van der Waals surface area contributed by atoms with Gasteiger partial charge in [-0.25, -0.2) is 13.2 Å². The molecule has 5 heteroatoms. The Balaban J connectivity index is 2.05. The molecule has 1 heterocycles. The summed E-state index contributed by atoms with van der Waals surface area (Å²) in [4.78, 5) is 0. The normalized spacial score (nSPS) is 14.8. The second-order valence-corrected chi connectivity index (χ2v) is 4.64. The van der Waals surface area contributed by atoms with Crippen molar-refractivity contribution >= 4 is 0 Å². The van der Waals surface area contributed by atoms with Gasteiger partial charge in [-0.15, -0.1) is 0 Å². The van der Waals surface area contributed by atoms with Crippen molar-refractivity contribution in [3.8, 4) is 5.75 Å². The van der Waals surface area contributed by atoms with Crippen LogP contribution < -0.4 is 4.74 Å². The highest BCUT2D eigenvalue weighted by Crippen LogP contribution is 2.36. The van der Waals surface area contributed by atoms with E-state index in [4.69, 9.17) is 4.74 Å². The van der Waals surface area contributed by atoms with Gasteiger partial charge < -0.3 is 9.84 Å². The number of fused-ring (bicyclic) bond motifs is 1. The zero-order valence-corrected chi connectivity index (χ0v) is 10.4. The van der Waals surface area contributed by atoms with Crippen LogP contribution in [0.1, 0.15) is 22.8 Å². The smallest absolute Gasteiger partial charge is 0.194 e. The number of aliphatic hydroxyl groups is 1. The van der Waals surface area contributed by atoms with Crippen molar-refractivity contribution in [1.82, 2.24) is 0 Å². The Bertz CT molecular complexity index is 647. The van der Waals surface area contributed by atoms with Gasteiger partial charge in [0.25, 0.3) is 0 Å². The van der Waals surface area contributed by atoms with Crippen LogP contribution >= 0.6 is 0 Å². The van der Waals surface area contributed by atoms with Crippen LogP contribution in [0.5, 0.6) is 5.75 Å². The molecule has 0 bridgehead atoms. The molecule has 0 aromatic heterocycles. The molecule has 0 spiro atoms. The fraction of sp³-hybridized carbons (Fsp3) is 0.200. The van der Waals surface area contributed by atoms with Gasteiger partial charge in [-0.05, 0) is 23.3 Å². The average Bonchev–Trinajstić information content (AvgIpc) is 2.91. The third kappa shape index (κ3) is 2.04. The van der Waals surface area contributed by atoms with E-state index in [9.17, 15) is 18.3 Å². The molecule has 20 heavy (non-hydrogen) atoms. The molecule has 1 aliphatic heterocycles. The molecule has 3 rings (SSSR count). The quantitative estimate of drug-likeness (QED) is 0.856.